The summed E-state index contributed by atoms with van der Waals surface area (Å²) < 4.78 is 5.45. The highest BCUT2D eigenvalue weighted by molar-refractivity contribution is 5.73. The van der Waals surface area contributed by atoms with Crippen LogP contribution in [0.15, 0.2) is 0 Å². The average Bonchev–Trinajstić information content (AvgIpc) is 2.36. The SMILES string of the molecule is CC(C)C(NCC1CCCCN1C(=O)OC(C)(C)C)C(=O)O. The van der Waals surface area contributed by atoms with E-state index >= 15 is 0 Å². The zero-order chi connectivity index (χ0) is 16.9. The molecule has 0 spiro atoms. The van der Waals surface area contributed by atoms with E-state index in [1.165, 1.54) is 0 Å². The molecule has 0 aromatic rings. The normalized spacial score (nSPS) is 20.8. The quantitative estimate of drug-likeness (QED) is 0.815. The summed E-state index contributed by atoms with van der Waals surface area (Å²) in [4.78, 5) is 25.3. The number of amides is 1. The van der Waals surface area contributed by atoms with Gasteiger partial charge in [-0.25, -0.2) is 4.79 Å². The molecule has 1 heterocycles. The maximum absolute atomic E-state index is 12.3. The topological polar surface area (TPSA) is 78.9 Å². The molecule has 2 atom stereocenters. The third-order valence-corrected chi connectivity index (χ3v) is 3.76. The van der Waals surface area contributed by atoms with Gasteiger partial charge in [-0.3, -0.25) is 4.79 Å². The Morgan fingerprint density at radius 1 is 1.32 bits per heavy atom. The predicted octanol–water partition coefficient (Wildman–Crippen LogP) is 2.47. The van der Waals surface area contributed by atoms with Gasteiger partial charge in [0.2, 0.25) is 0 Å². The van der Waals surface area contributed by atoms with Gasteiger partial charge in [0.1, 0.15) is 11.6 Å². The lowest BCUT2D eigenvalue weighted by Gasteiger charge is -2.37. The summed E-state index contributed by atoms with van der Waals surface area (Å²) in [5.74, 6) is -0.856. The molecule has 6 heteroatoms. The number of nitrogens with zero attached hydrogens (tertiary/aromatic N) is 1. The molecular formula is C16H30N2O4. The summed E-state index contributed by atoms with van der Waals surface area (Å²) in [6.07, 6.45) is 2.57. The van der Waals surface area contributed by atoms with E-state index in [1.54, 1.807) is 4.90 Å². The van der Waals surface area contributed by atoms with Crippen molar-refractivity contribution in [1.82, 2.24) is 10.2 Å². The zero-order valence-electron chi connectivity index (χ0n) is 14.4. The van der Waals surface area contributed by atoms with Crippen molar-refractivity contribution in [2.45, 2.75) is 71.6 Å². The second kappa shape index (κ2) is 7.81. The molecule has 128 valence electrons. The number of carbonyl (C=O) groups excluding carboxylic acids is 1. The minimum Gasteiger partial charge on any atom is -0.480 e. The summed E-state index contributed by atoms with van der Waals surface area (Å²) in [5.41, 5.74) is -0.520. The second-order valence-electron chi connectivity index (χ2n) is 7.29. The maximum atomic E-state index is 12.3. The van der Waals surface area contributed by atoms with Crippen molar-refractivity contribution >= 4 is 12.1 Å². The summed E-state index contributed by atoms with van der Waals surface area (Å²) in [6.45, 7) is 10.4. The van der Waals surface area contributed by atoms with E-state index in [2.05, 4.69) is 5.32 Å². The van der Waals surface area contributed by atoms with E-state index in [9.17, 15) is 14.7 Å². The number of rotatable bonds is 5. The molecule has 2 unspecified atom stereocenters. The molecule has 0 saturated carbocycles. The number of likely N-dealkylation sites (tertiary alicyclic amines) is 1. The molecule has 6 nitrogen and oxygen atoms in total. The summed E-state index contributed by atoms with van der Waals surface area (Å²) in [6, 6.07) is -0.605. The van der Waals surface area contributed by atoms with E-state index < -0.39 is 17.6 Å². The Labute approximate surface area is 133 Å². The third-order valence-electron chi connectivity index (χ3n) is 3.76. The van der Waals surface area contributed by atoms with Crippen molar-refractivity contribution in [1.29, 1.82) is 0 Å². The number of hydrogen-bond donors (Lipinski definition) is 2. The molecule has 1 fully saturated rings. The smallest absolute Gasteiger partial charge is 0.410 e. The van der Waals surface area contributed by atoms with Crippen molar-refractivity contribution < 1.29 is 19.4 Å². The molecule has 1 amide bonds. The van der Waals surface area contributed by atoms with Gasteiger partial charge in [-0.1, -0.05) is 13.8 Å². The number of carboxylic acid groups (broad SMARTS) is 1. The van der Waals surface area contributed by atoms with Gasteiger partial charge >= 0.3 is 12.1 Å². The molecule has 1 aliphatic heterocycles. The van der Waals surface area contributed by atoms with Gasteiger partial charge in [-0.2, -0.15) is 0 Å². The molecule has 0 bridgehead atoms. The number of carboxylic acids is 1. The Morgan fingerprint density at radius 3 is 2.45 bits per heavy atom. The van der Waals surface area contributed by atoms with Gasteiger partial charge in [0.15, 0.2) is 0 Å². The Bertz CT molecular complexity index is 390. The van der Waals surface area contributed by atoms with Crippen LogP contribution in [0.4, 0.5) is 4.79 Å². The van der Waals surface area contributed by atoms with Gasteiger partial charge in [0, 0.05) is 19.1 Å². The Balaban J connectivity index is 2.65. The van der Waals surface area contributed by atoms with Crippen molar-refractivity contribution in [3.63, 3.8) is 0 Å². The molecule has 1 aliphatic rings. The predicted molar refractivity (Wildman–Crippen MR) is 84.8 cm³/mol. The lowest BCUT2D eigenvalue weighted by molar-refractivity contribution is -0.140. The molecule has 0 aliphatic carbocycles. The lowest BCUT2D eigenvalue weighted by Crippen LogP contribution is -2.53. The van der Waals surface area contributed by atoms with Crippen LogP contribution in [-0.2, 0) is 9.53 Å². The van der Waals surface area contributed by atoms with Crippen LogP contribution >= 0.6 is 0 Å². The maximum Gasteiger partial charge on any atom is 0.410 e. The fourth-order valence-corrected chi connectivity index (χ4v) is 2.64. The Morgan fingerprint density at radius 2 is 1.95 bits per heavy atom. The van der Waals surface area contributed by atoms with Crippen molar-refractivity contribution in [2.75, 3.05) is 13.1 Å². The van der Waals surface area contributed by atoms with Crippen LogP contribution in [0.2, 0.25) is 0 Å². The van der Waals surface area contributed by atoms with Crippen LogP contribution in [0.25, 0.3) is 0 Å². The Kier molecular flexibility index (Phi) is 6.66. The number of ether oxygens (including phenoxy) is 1. The number of aliphatic carboxylic acids is 1. The van der Waals surface area contributed by atoms with Gasteiger partial charge in [0.05, 0.1) is 0 Å². The molecule has 0 radical (unpaired) electrons. The van der Waals surface area contributed by atoms with E-state index in [0.29, 0.717) is 13.1 Å². The lowest BCUT2D eigenvalue weighted by atomic mass is 10.0. The Hall–Kier alpha value is -1.30. The van der Waals surface area contributed by atoms with E-state index in [-0.39, 0.29) is 18.1 Å². The van der Waals surface area contributed by atoms with E-state index in [4.69, 9.17) is 4.74 Å². The summed E-state index contributed by atoms with van der Waals surface area (Å²) >= 11 is 0. The van der Waals surface area contributed by atoms with Crippen LogP contribution in [-0.4, -0.2) is 52.8 Å². The van der Waals surface area contributed by atoms with E-state index in [0.717, 1.165) is 19.3 Å². The van der Waals surface area contributed by atoms with Crippen LogP contribution in [0.1, 0.15) is 53.9 Å². The van der Waals surface area contributed by atoms with Crippen molar-refractivity contribution in [3.8, 4) is 0 Å². The van der Waals surface area contributed by atoms with Crippen LogP contribution in [0.5, 0.6) is 0 Å². The molecule has 1 saturated heterocycles. The monoisotopic (exact) mass is 314 g/mol. The number of carbonyl (C=O) groups is 2. The zero-order valence-corrected chi connectivity index (χ0v) is 14.4. The van der Waals surface area contributed by atoms with Crippen LogP contribution in [0, 0.1) is 5.92 Å². The molecular weight excluding hydrogens is 284 g/mol. The molecule has 2 N–H and O–H groups in total. The standard InChI is InChI=1S/C16H30N2O4/c1-11(2)13(14(19)20)17-10-12-8-6-7-9-18(12)15(21)22-16(3,4)5/h11-13,17H,6-10H2,1-5H3,(H,19,20). The highest BCUT2D eigenvalue weighted by Gasteiger charge is 2.31. The number of piperidine rings is 1. The minimum absolute atomic E-state index is 0.00364. The molecule has 22 heavy (non-hydrogen) atoms. The van der Waals surface area contributed by atoms with Crippen molar-refractivity contribution in [3.05, 3.63) is 0 Å². The average molecular weight is 314 g/mol. The van der Waals surface area contributed by atoms with Crippen molar-refractivity contribution in [2.24, 2.45) is 5.92 Å². The highest BCUT2D eigenvalue weighted by atomic mass is 16.6. The molecule has 1 rings (SSSR count). The largest absolute Gasteiger partial charge is 0.480 e. The van der Waals surface area contributed by atoms with Gasteiger partial charge in [-0.05, 0) is 46.0 Å². The number of nitrogens with one attached hydrogen (secondary N) is 1. The first-order chi connectivity index (χ1) is 10.1. The highest BCUT2D eigenvalue weighted by Crippen LogP contribution is 2.20. The van der Waals surface area contributed by atoms with Crippen LogP contribution in [0.3, 0.4) is 0 Å². The summed E-state index contributed by atoms with van der Waals surface area (Å²) in [5, 5.41) is 12.3. The number of hydrogen-bond acceptors (Lipinski definition) is 4. The molecule has 0 aromatic heterocycles. The fraction of sp³-hybridized carbons (Fsp3) is 0.875. The summed E-state index contributed by atoms with van der Waals surface area (Å²) in [7, 11) is 0. The second-order valence-corrected chi connectivity index (χ2v) is 7.29. The first-order valence-electron chi connectivity index (χ1n) is 8.07. The van der Waals surface area contributed by atoms with Gasteiger partial charge < -0.3 is 20.1 Å². The van der Waals surface area contributed by atoms with Gasteiger partial charge in [-0.15, -0.1) is 0 Å². The molecule has 0 aromatic carbocycles. The first-order valence-corrected chi connectivity index (χ1v) is 8.07. The van der Waals surface area contributed by atoms with Crippen LogP contribution < -0.4 is 5.32 Å². The fourth-order valence-electron chi connectivity index (χ4n) is 2.64. The first kappa shape index (κ1) is 18.7. The van der Waals surface area contributed by atoms with Gasteiger partial charge in [0.25, 0.3) is 0 Å². The third kappa shape index (κ3) is 5.83. The van der Waals surface area contributed by atoms with E-state index in [1.807, 2.05) is 34.6 Å². The minimum atomic E-state index is -0.852.